The van der Waals surface area contributed by atoms with Gasteiger partial charge in [0.2, 0.25) is 11.4 Å². The monoisotopic (exact) mass is 370 g/mol. The number of rotatable bonds is 4. The van der Waals surface area contributed by atoms with Crippen molar-refractivity contribution in [1.82, 2.24) is 5.16 Å². The van der Waals surface area contributed by atoms with Gasteiger partial charge in [0.15, 0.2) is 17.9 Å². The van der Waals surface area contributed by atoms with Gasteiger partial charge in [-0.2, -0.15) is 4.39 Å². The normalized spacial score (nSPS) is 24.0. The smallest absolute Gasteiger partial charge is 0.416 e. The molecule has 0 N–H and O–H groups in total. The maximum Gasteiger partial charge on any atom is 0.416 e. The molecule has 0 radical (unpaired) electrons. The van der Waals surface area contributed by atoms with E-state index in [1.54, 1.807) is 6.92 Å². The molecule has 2 atom stereocenters. The first-order valence-corrected chi connectivity index (χ1v) is 8.02. The van der Waals surface area contributed by atoms with Gasteiger partial charge in [0.05, 0.1) is 25.2 Å². The molecule has 1 amide bonds. The average molecular weight is 370 g/mol. The summed E-state index contributed by atoms with van der Waals surface area (Å²) in [5, 5.41) is 3.89. The summed E-state index contributed by atoms with van der Waals surface area (Å²) in [6.07, 6.45) is -2.18. The van der Waals surface area contributed by atoms with Crippen LogP contribution in [0.4, 0.5) is 19.4 Å². The van der Waals surface area contributed by atoms with Gasteiger partial charge in [0, 0.05) is 12.7 Å². The number of carbonyl (C=O) groups is 1. The van der Waals surface area contributed by atoms with E-state index in [0.29, 0.717) is 0 Å². The highest BCUT2D eigenvalue weighted by Gasteiger charge is 2.43. The number of hydrogen-bond donors (Lipinski definition) is 0. The van der Waals surface area contributed by atoms with Crippen molar-refractivity contribution in [1.29, 1.82) is 0 Å². The number of aromatic nitrogens is 1. The van der Waals surface area contributed by atoms with E-state index in [1.807, 2.05) is 0 Å². The molecule has 0 saturated carbocycles. The molecule has 8 nitrogen and oxygen atoms in total. The number of cyclic esters (lactones) is 1. The van der Waals surface area contributed by atoms with Crippen molar-refractivity contribution in [2.45, 2.75) is 25.4 Å². The van der Waals surface area contributed by atoms with Gasteiger partial charge in [0.1, 0.15) is 12.1 Å². The quantitative estimate of drug-likeness (QED) is 0.818. The van der Waals surface area contributed by atoms with Crippen LogP contribution in [0.2, 0.25) is 0 Å². The van der Waals surface area contributed by atoms with Crippen LogP contribution in [0.5, 0.6) is 0 Å². The van der Waals surface area contributed by atoms with Gasteiger partial charge in [0.25, 0.3) is 0 Å². The van der Waals surface area contributed by atoms with Crippen LogP contribution in [0.1, 0.15) is 18.8 Å². The second-order valence-electron chi connectivity index (χ2n) is 6.03. The highest BCUT2D eigenvalue weighted by atomic mass is 19.2. The van der Waals surface area contributed by atoms with Gasteiger partial charge in [-0.25, -0.2) is 14.1 Å². The molecule has 2 saturated heterocycles. The third kappa shape index (κ3) is 2.52. The van der Waals surface area contributed by atoms with Gasteiger partial charge in [-0.3, -0.25) is 0 Å². The second kappa shape index (κ2) is 6.45. The molecular weight excluding hydrogens is 354 g/mol. The molecule has 2 fully saturated rings. The zero-order valence-electron chi connectivity index (χ0n) is 14.0. The molecular formula is C16H16F2N2O6. The zero-order chi connectivity index (χ0) is 18.4. The number of methoxy groups -OCH3 is 1. The summed E-state index contributed by atoms with van der Waals surface area (Å²) in [6, 6.07) is 0.826. The number of carbonyl (C=O) groups excluding carboxylic acids is 1. The minimum absolute atomic E-state index is 0.0227. The van der Waals surface area contributed by atoms with Gasteiger partial charge in [-0.05, 0) is 13.0 Å². The molecule has 0 spiro atoms. The van der Waals surface area contributed by atoms with E-state index in [9.17, 15) is 13.6 Å². The molecule has 1 aromatic carbocycles. The maximum absolute atomic E-state index is 14.5. The molecule has 0 aliphatic carbocycles. The van der Waals surface area contributed by atoms with Crippen LogP contribution >= 0.6 is 0 Å². The van der Waals surface area contributed by atoms with Gasteiger partial charge in [-0.1, -0.05) is 5.16 Å². The fourth-order valence-electron chi connectivity index (χ4n) is 3.17. The standard InChI is InChI=1S/C16H16F2N2O6/c1-7-10(6-22-2)20(16(21)25-7)14-9-5-8(15-23-3-4-24-15)11(17)12(18)13(9)26-19-14/h5,7,10,15H,3-4,6H2,1-2H3. The summed E-state index contributed by atoms with van der Waals surface area (Å²) in [4.78, 5) is 13.5. The highest BCUT2D eigenvalue weighted by Crippen LogP contribution is 2.38. The van der Waals surface area contributed by atoms with Crippen LogP contribution in [-0.2, 0) is 18.9 Å². The Morgan fingerprint density at radius 1 is 1.31 bits per heavy atom. The van der Waals surface area contributed by atoms with E-state index in [0.717, 1.165) is 0 Å². The minimum Gasteiger partial charge on any atom is -0.444 e. The number of benzene rings is 1. The Hall–Kier alpha value is -2.30. The Balaban J connectivity index is 1.84. The van der Waals surface area contributed by atoms with Crippen molar-refractivity contribution in [3.8, 4) is 0 Å². The van der Waals surface area contributed by atoms with Crippen LogP contribution in [0.15, 0.2) is 10.6 Å². The zero-order valence-corrected chi connectivity index (χ0v) is 14.0. The van der Waals surface area contributed by atoms with Crippen molar-refractivity contribution in [3.63, 3.8) is 0 Å². The molecule has 1 aromatic heterocycles. The molecule has 2 aliphatic rings. The molecule has 4 rings (SSSR count). The number of amides is 1. The van der Waals surface area contributed by atoms with E-state index in [1.165, 1.54) is 18.1 Å². The summed E-state index contributed by atoms with van der Waals surface area (Å²) in [5.74, 6) is -2.34. The predicted molar refractivity (Wildman–Crippen MR) is 82.7 cm³/mol. The first-order chi connectivity index (χ1) is 12.5. The molecule has 2 aromatic rings. The van der Waals surface area contributed by atoms with E-state index < -0.39 is 41.7 Å². The Morgan fingerprint density at radius 3 is 2.73 bits per heavy atom. The van der Waals surface area contributed by atoms with Crippen LogP contribution < -0.4 is 4.90 Å². The fraction of sp³-hybridized carbons (Fsp3) is 0.500. The minimum atomic E-state index is -1.22. The Morgan fingerprint density at radius 2 is 2.04 bits per heavy atom. The number of fused-ring (bicyclic) bond motifs is 1. The predicted octanol–water partition coefficient (Wildman–Crippen LogP) is 2.51. The van der Waals surface area contributed by atoms with E-state index in [2.05, 4.69) is 5.16 Å². The van der Waals surface area contributed by atoms with Crippen LogP contribution in [0.25, 0.3) is 11.0 Å². The average Bonchev–Trinajstić information content (AvgIpc) is 3.32. The van der Waals surface area contributed by atoms with E-state index >= 15 is 0 Å². The molecule has 3 heterocycles. The molecule has 10 heteroatoms. The largest absolute Gasteiger partial charge is 0.444 e. The van der Waals surface area contributed by atoms with Crippen molar-refractivity contribution in [3.05, 3.63) is 23.3 Å². The summed E-state index contributed by atoms with van der Waals surface area (Å²) < 4.78 is 54.6. The first kappa shape index (κ1) is 17.1. The summed E-state index contributed by atoms with van der Waals surface area (Å²) in [7, 11) is 1.48. The van der Waals surface area contributed by atoms with Crippen molar-refractivity contribution in [2.75, 3.05) is 31.8 Å². The first-order valence-electron chi connectivity index (χ1n) is 8.02. The Kier molecular flexibility index (Phi) is 4.25. The summed E-state index contributed by atoms with van der Waals surface area (Å²) in [5.41, 5.74) is -0.524. The van der Waals surface area contributed by atoms with E-state index in [-0.39, 0.29) is 36.6 Å². The lowest BCUT2D eigenvalue weighted by Gasteiger charge is -2.20. The number of ether oxygens (including phenoxy) is 4. The number of halogens is 2. The fourth-order valence-corrected chi connectivity index (χ4v) is 3.17. The lowest BCUT2D eigenvalue weighted by atomic mass is 10.1. The maximum atomic E-state index is 14.5. The summed E-state index contributed by atoms with van der Waals surface area (Å²) >= 11 is 0. The van der Waals surface area contributed by atoms with Crippen LogP contribution in [0, 0.1) is 11.6 Å². The number of hydrogen-bond acceptors (Lipinski definition) is 7. The Labute approximate surface area is 146 Å². The lowest BCUT2D eigenvalue weighted by Crippen LogP contribution is -2.39. The third-order valence-corrected chi connectivity index (χ3v) is 4.45. The van der Waals surface area contributed by atoms with Gasteiger partial charge in [-0.15, -0.1) is 0 Å². The van der Waals surface area contributed by atoms with E-state index in [4.69, 9.17) is 23.5 Å². The molecule has 0 bridgehead atoms. The molecule has 2 aliphatic heterocycles. The van der Waals surface area contributed by atoms with Crippen molar-refractivity contribution in [2.24, 2.45) is 0 Å². The SMILES string of the molecule is COCC1C(C)OC(=O)N1c1noc2c(F)c(F)c(C3OCCO3)cc12. The van der Waals surface area contributed by atoms with Crippen LogP contribution in [0.3, 0.4) is 0 Å². The topological polar surface area (TPSA) is 83.3 Å². The van der Waals surface area contributed by atoms with Crippen molar-refractivity contribution >= 4 is 22.9 Å². The number of anilines is 1. The Bertz CT molecular complexity index is 851. The molecule has 2 unspecified atom stereocenters. The lowest BCUT2D eigenvalue weighted by molar-refractivity contribution is -0.0467. The van der Waals surface area contributed by atoms with Crippen molar-refractivity contribution < 1.29 is 37.0 Å². The number of nitrogens with zero attached hydrogens (tertiary/aromatic N) is 2. The van der Waals surface area contributed by atoms with Gasteiger partial charge < -0.3 is 23.5 Å². The summed E-state index contributed by atoms with van der Waals surface area (Å²) in [6.45, 7) is 2.42. The third-order valence-electron chi connectivity index (χ3n) is 4.45. The highest BCUT2D eigenvalue weighted by molar-refractivity contribution is 6.00. The molecule has 140 valence electrons. The second-order valence-corrected chi connectivity index (χ2v) is 6.03. The van der Waals surface area contributed by atoms with Gasteiger partial charge >= 0.3 is 6.09 Å². The molecule has 26 heavy (non-hydrogen) atoms. The van der Waals surface area contributed by atoms with Crippen LogP contribution in [-0.4, -0.2) is 50.3 Å².